The van der Waals surface area contributed by atoms with Gasteiger partial charge >= 0.3 is 0 Å². The second-order valence-electron chi connectivity index (χ2n) is 8.21. The Morgan fingerprint density at radius 1 is 1.10 bits per heavy atom. The summed E-state index contributed by atoms with van der Waals surface area (Å²) in [4.78, 5) is 24.3. The van der Waals surface area contributed by atoms with Crippen LogP contribution in [0, 0.1) is 6.92 Å². The largest absolute Gasteiger partial charge is 0.356 e. The van der Waals surface area contributed by atoms with E-state index >= 15 is 0 Å². The normalized spacial score (nSPS) is 17.3. The summed E-state index contributed by atoms with van der Waals surface area (Å²) < 4.78 is 5.52. The lowest BCUT2D eigenvalue weighted by Gasteiger charge is -2.32. The Morgan fingerprint density at radius 3 is 2.47 bits per heavy atom. The fraction of sp³-hybridized carbons (Fsp3) is 0.391. The molecule has 5 rings (SSSR count). The summed E-state index contributed by atoms with van der Waals surface area (Å²) in [5.41, 5.74) is 3.46. The van der Waals surface area contributed by atoms with Crippen molar-refractivity contribution in [3.8, 4) is 11.3 Å². The number of nitrogens with zero attached hydrogens (tertiary/aromatic N) is 4. The highest BCUT2D eigenvalue weighted by atomic mass is 35.5. The molecule has 0 bridgehead atoms. The molecule has 0 spiro atoms. The number of piperidine rings is 1. The number of benzene rings is 1. The van der Waals surface area contributed by atoms with Gasteiger partial charge in [0.25, 0.3) is 5.91 Å². The quantitative estimate of drug-likeness (QED) is 0.592. The topological polar surface area (TPSA) is 72.1 Å². The molecule has 0 atom stereocenters. The van der Waals surface area contributed by atoms with Crippen LogP contribution in [0.4, 0.5) is 0 Å². The molecule has 1 saturated heterocycles. The third kappa shape index (κ3) is 3.84. The Hall–Kier alpha value is -2.73. The Bertz CT molecular complexity index is 1070. The molecule has 2 aromatic heterocycles. The molecule has 1 aliphatic heterocycles. The van der Waals surface area contributed by atoms with E-state index in [1.807, 2.05) is 24.1 Å². The van der Waals surface area contributed by atoms with Gasteiger partial charge in [-0.3, -0.25) is 4.79 Å². The minimum atomic E-state index is 0.0533. The van der Waals surface area contributed by atoms with Gasteiger partial charge in [0.2, 0.25) is 0 Å². The summed E-state index contributed by atoms with van der Waals surface area (Å²) in [7, 11) is 0. The van der Waals surface area contributed by atoms with E-state index in [1.54, 1.807) is 24.3 Å². The summed E-state index contributed by atoms with van der Waals surface area (Å²) in [6, 6.07) is 9.01. The second-order valence-corrected chi connectivity index (χ2v) is 8.64. The Labute approximate surface area is 180 Å². The lowest BCUT2D eigenvalue weighted by Crippen LogP contribution is -2.38. The second kappa shape index (κ2) is 7.84. The number of carbonyl (C=O) groups is 1. The van der Waals surface area contributed by atoms with Gasteiger partial charge in [0, 0.05) is 47.8 Å². The molecule has 0 unspecified atom stereocenters. The first-order chi connectivity index (χ1) is 14.6. The highest BCUT2D eigenvalue weighted by Gasteiger charge is 2.31. The molecule has 154 valence electrons. The summed E-state index contributed by atoms with van der Waals surface area (Å²) in [6.07, 6.45) is 5.94. The number of halogens is 1. The molecule has 2 aliphatic rings. The van der Waals surface area contributed by atoms with Gasteiger partial charge in [0.1, 0.15) is 5.82 Å². The standard InChI is InChI=1S/C23H23ClN4O2/c1-14-12-20(30-27-14)19-13-25-22(16-2-3-16)26-21(19)15-8-10-28(11-9-15)23(29)17-4-6-18(24)7-5-17/h4-7,12-13,15-16H,2-3,8-11H2,1H3. The number of likely N-dealkylation sites (tertiary alicyclic amines) is 1. The van der Waals surface area contributed by atoms with E-state index in [4.69, 9.17) is 21.1 Å². The van der Waals surface area contributed by atoms with Crippen LogP contribution in [0.1, 0.15) is 65.1 Å². The van der Waals surface area contributed by atoms with E-state index in [0.29, 0.717) is 35.4 Å². The molecular weight excluding hydrogens is 400 g/mol. The summed E-state index contributed by atoms with van der Waals surface area (Å²) in [5, 5.41) is 4.67. The SMILES string of the molecule is Cc1cc(-c2cnc(C3CC3)nc2C2CCN(C(=O)c3ccc(Cl)cc3)CC2)on1. The van der Waals surface area contributed by atoms with Crippen molar-refractivity contribution in [2.45, 2.75) is 44.4 Å². The van der Waals surface area contributed by atoms with Gasteiger partial charge < -0.3 is 9.42 Å². The minimum Gasteiger partial charge on any atom is -0.356 e. The van der Waals surface area contributed by atoms with E-state index in [0.717, 1.165) is 48.5 Å². The predicted octanol–water partition coefficient (Wildman–Crippen LogP) is 4.99. The first-order valence-electron chi connectivity index (χ1n) is 10.4. The van der Waals surface area contributed by atoms with Crippen molar-refractivity contribution < 1.29 is 9.32 Å². The molecule has 1 aromatic carbocycles. The number of carbonyl (C=O) groups excluding carboxylic acids is 1. The number of aromatic nitrogens is 3. The van der Waals surface area contributed by atoms with Crippen LogP contribution in [0.5, 0.6) is 0 Å². The van der Waals surface area contributed by atoms with E-state index < -0.39 is 0 Å². The number of aryl methyl sites for hydroxylation is 1. The first kappa shape index (κ1) is 19.2. The van der Waals surface area contributed by atoms with Crippen molar-refractivity contribution in [1.82, 2.24) is 20.0 Å². The molecule has 6 nitrogen and oxygen atoms in total. The van der Waals surface area contributed by atoms with Gasteiger partial charge in [-0.25, -0.2) is 9.97 Å². The van der Waals surface area contributed by atoms with Crippen molar-refractivity contribution in [3.63, 3.8) is 0 Å². The van der Waals surface area contributed by atoms with Crippen LogP contribution in [0.2, 0.25) is 5.02 Å². The maximum atomic E-state index is 12.8. The van der Waals surface area contributed by atoms with Crippen molar-refractivity contribution >= 4 is 17.5 Å². The fourth-order valence-corrected chi connectivity index (χ4v) is 4.20. The zero-order valence-corrected chi connectivity index (χ0v) is 17.6. The van der Waals surface area contributed by atoms with E-state index in [9.17, 15) is 4.79 Å². The van der Waals surface area contributed by atoms with Crippen LogP contribution in [0.15, 0.2) is 41.1 Å². The highest BCUT2D eigenvalue weighted by molar-refractivity contribution is 6.30. The molecule has 30 heavy (non-hydrogen) atoms. The zero-order chi connectivity index (χ0) is 20.7. The molecule has 2 fully saturated rings. The van der Waals surface area contributed by atoms with Crippen LogP contribution in [0.3, 0.4) is 0 Å². The van der Waals surface area contributed by atoms with Gasteiger partial charge in [0.05, 0.1) is 17.0 Å². The van der Waals surface area contributed by atoms with Crippen LogP contribution < -0.4 is 0 Å². The number of amides is 1. The minimum absolute atomic E-state index is 0.0533. The molecular formula is C23H23ClN4O2. The monoisotopic (exact) mass is 422 g/mol. The lowest BCUT2D eigenvalue weighted by molar-refractivity contribution is 0.0712. The smallest absolute Gasteiger partial charge is 0.253 e. The molecule has 7 heteroatoms. The van der Waals surface area contributed by atoms with E-state index in [2.05, 4.69) is 10.1 Å². The maximum Gasteiger partial charge on any atom is 0.253 e. The summed E-state index contributed by atoms with van der Waals surface area (Å²) >= 11 is 5.95. The van der Waals surface area contributed by atoms with Crippen LogP contribution in [0.25, 0.3) is 11.3 Å². The average Bonchev–Trinajstić information content (AvgIpc) is 3.54. The molecule has 3 heterocycles. The van der Waals surface area contributed by atoms with Gasteiger partial charge in [-0.2, -0.15) is 0 Å². The molecule has 1 amide bonds. The summed E-state index contributed by atoms with van der Waals surface area (Å²) in [5.74, 6) is 2.45. The molecule has 1 saturated carbocycles. The maximum absolute atomic E-state index is 12.8. The lowest BCUT2D eigenvalue weighted by atomic mass is 9.89. The molecule has 0 N–H and O–H groups in total. The molecule has 3 aromatic rings. The fourth-order valence-electron chi connectivity index (χ4n) is 4.07. The Morgan fingerprint density at radius 2 is 1.83 bits per heavy atom. The zero-order valence-electron chi connectivity index (χ0n) is 16.8. The highest BCUT2D eigenvalue weighted by Crippen LogP contribution is 2.41. The van der Waals surface area contributed by atoms with Gasteiger partial charge in [-0.05, 0) is 56.9 Å². The first-order valence-corrected chi connectivity index (χ1v) is 10.8. The van der Waals surface area contributed by atoms with Crippen LogP contribution >= 0.6 is 11.6 Å². The van der Waals surface area contributed by atoms with Crippen molar-refractivity contribution in [3.05, 3.63) is 64.3 Å². The Kier molecular flexibility index (Phi) is 5.03. The number of hydrogen-bond donors (Lipinski definition) is 0. The van der Waals surface area contributed by atoms with E-state index in [1.165, 1.54) is 0 Å². The third-order valence-electron chi connectivity index (χ3n) is 5.93. The third-order valence-corrected chi connectivity index (χ3v) is 6.18. The van der Waals surface area contributed by atoms with Gasteiger partial charge in [0.15, 0.2) is 5.76 Å². The molecule has 1 aliphatic carbocycles. The average molecular weight is 423 g/mol. The van der Waals surface area contributed by atoms with E-state index in [-0.39, 0.29) is 11.8 Å². The Balaban J connectivity index is 1.36. The number of rotatable bonds is 4. The van der Waals surface area contributed by atoms with Gasteiger partial charge in [-0.15, -0.1) is 0 Å². The van der Waals surface area contributed by atoms with Crippen molar-refractivity contribution in [2.24, 2.45) is 0 Å². The van der Waals surface area contributed by atoms with Crippen LogP contribution in [-0.4, -0.2) is 39.0 Å². The van der Waals surface area contributed by atoms with Crippen molar-refractivity contribution in [1.29, 1.82) is 0 Å². The molecule has 0 radical (unpaired) electrons. The summed E-state index contributed by atoms with van der Waals surface area (Å²) in [6.45, 7) is 3.31. The number of hydrogen-bond acceptors (Lipinski definition) is 5. The predicted molar refractivity (Wildman–Crippen MR) is 114 cm³/mol. The van der Waals surface area contributed by atoms with Crippen molar-refractivity contribution in [2.75, 3.05) is 13.1 Å². The van der Waals surface area contributed by atoms with Gasteiger partial charge in [-0.1, -0.05) is 16.8 Å². The van der Waals surface area contributed by atoms with Crippen LogP contribution in [-0.2, 0) is 0 Å².